The fourth-order valence-corrected chi connectivity index (χ4v) is 2.87. The molecule has 0 bridgehead atoms. The first-order valence-electron chi connectivity index (χ1n) is 8.12. The molecule has 4 nitrogen and oxygen atoms in total. The molecule has 2 heterocycles. The molecule has 0 atom stereocenters. The maximum Gasteiger partial charge on any atom is 0.152 e. The normalized spacial score (nSPS) is 11.5. The minimum Gasteiger partial charge on any atom is -0.355 e. The van der Waals surface area contributed by atoms with Crippen molar-refractivity contribution in [2.24, 2.45) is 0 Å². The molecular formula is C17H28N4. The highest BCUT2D eigenvalue weighted by Crippen LogP contribution is 2.24. The van der Waals surface area contributed by atoms with Crippen molar-refractivity contribution in [3.05, 3.63) is 30.1 Å². The van der Waals surface area contributed by atoms with Crippen LogP contribution in [0.4, 0.5) is 5.82 Å². The van der Waals surface area contributed by atoms with E-state index in [0.717, 1.165) is 43.8 Å². The summed E-state index contributed by atoms with van der Waals surface area (Å²) in [7, 11) is 2.17. The summed E-state index contributed by atoms with van der Waals surface area (Å²) in [5.41, 5.74) is 2.28. The minimum atomic E-state index is 0.542. The maximum absolute atomic E-state index is 4.86. The topological polar surface area (TPSA) is 32.6 Å². The van der Waals surface area contributed by atoms with Gasteiger partial charge in [-0.15, -0.1) is 0 Å². The van der Waals surface area contributed by atoms with Gasteiger partial charge < -0.3 is 14.6 Å². The van der Waals surface area contributed by atoms with Crippen molar-refractivity contribution < 1.29 is 0 Å². The van der Waals surface area contributed by atoms with Crippen molar-refractivity contribution in [2.75, 3.05) is 18.5 Å². The number of nitrogens with zero attached hydrogens (tertiary/aromatic N) is 3. The van der Waals surface area contributed by atoms with Crippen molar-refractivity contribution in [1.82, 2.24) is 14.7 Å². The Morgan fingerprint density at radius 2 is 2.00 bits per heavy atom. The Bertz CT molecular complexity index is 557. The molecule has 2 aromatic heterocycles. The molecule has 0 saturated heterocycles. The monoisotopic (exact) mass is 288 g/mol. The number of imidazole rings is 1. The lowest BCUT2D eigenvalue weighted by atomic mass is 10.1. The summed E-state index contributed by atoms with van der Waals surface area (Å²) in [5, 5.41) is 3.51. The molecule has 0 spiro atoms. The Morgan fingerprint density at radius 3 is 2.67 bits per heavy atom. The molecule has 0 aliphatic carbocycles. The van der Waals surface area contributed by atoms with Gasteiger partial charge in [-0.3, -0.25) is 0 Å². The van der Waals surface area contributed by atoms with Crippen molar-refractivity contribution in [3.63, 3.8) is 0 Å². The van der Waals surface area contributed by atoms with E-state index in [0.29, 0.717) is 6.04 Å². The first kappa shape index (κ1) is 15.8. The molecule has 0 radical (unpaired) electrons. The van der Waals surface area contributed by atoms with Crippen LogP contribution in [0.2, 0.25) is 0 Å². The highest BCUT2D eigenvalue weighted by atomic mass is 15.2. The fourth-order valence-electron chi connectivity index (χ4n) is 2.87. The average Bonchev–Trinajstić information content (AvgIpc) is 2.87. The number of hydrogen-bond acceptors (Lipinski definition) is 3. The molecule has 0 aliphatic heterocycles. The van der Waals surface area contributed by atoms with Gasteiger partial charge in [-0.05, 0) is 37.9 Å². The maximum atomic E-state index is 4.86. The first-order chi connectivity index (χ1) is 10.2. The quantitative estimate of drug-likeness (QED) is 0.755. The van der Waals surface area contributed by atoms with Crippen LogP contribution in [0.1, 0.15) is 45.7 Å². The lowest BCUT2D eigenvalue weighted by Crippen LogP contribution is -2.32. The number of hydrogen-bond donors (Lipinski definition) is 1. The lowest BCUT2D eigenvalue weighted by molar-refractivity contribution is 0.582. The molecule has 2 aromatic rings. The van der Waals surface area contributed by atoms with E-state index in [-0.39, 0.29) is 0 Å². The summed E-state index contributed by atoms with van der Waals surface area (Å²) >= 11 is 0. The van der Waals surface area contributed by atoms with Crippen LogP contribution in [-0.2, 0) is 6.54 Å². The Hall–Kier alpha value is -1.55. The highest BCUT2D eigenvalue weighted by Gasteiger charge is 2.19. The summed E-state index contributed by atoms with van der Waals surface area (Å²) in [5.74, 6) is 1.11. The third kappa shape index (κ3) is 3.38. The molecule has 2 rings (SSSR count). The predicted octanol–water partition coefficient (Wildman–Crippen LogP) is 3.46. The van der Waals surface area contributed by atoms with E-state index in [4.69, 9.17) is 4.98 Å². The van der Waals surface area contributed by atoms with Gasteiger partial charge in [0, 0.05) is 25.8 Å². The summed E-state index contributed by atoms with van der Waals surface area (Å²) in [6.07, 6.45) is 5.54. The summed E-state index contributed by atoms with van der Waals surface area (Å²) < 4.78 is 2.21. The van der Waals surface area contributed by atoms with Crippen molar-refractivity contribution in [3.8, 4) is 0 Å². The van der Waals surface area contributed by atoms with Crippen molar-refractivity contribution >= 4 is 11.5 Å². The highest BCUT2D eigenvalue weighted by molar-refractivity contribution is 5.56. The molecule has 0 amide bonds. The van der Waals surface area contributed by atoms with Gasteiger partial charge in [0.05, 0.1) is 5.69 Å². The van der Waals surface area contributed by atoms with E-state index in [1.54, 1.807) is 0 Å². The molecule has 116 valence electrons. The summed E-state index contributed by atoms with van der Waals surface area (Å²) in [4.78, 5) is 7.20. The molecule has 4 heteroatoms. The second kappa shape index (κ2) is 7.46. The molecule has 0 aromatic carbocycles. The Morgan fingerprint density at radius 1 is 1.24 bits per heavy atom. The predicted molar refractivity (Wildman–Crippen MR) is 90.0 cm³/mol. The van der Waals surface area contributed by atoms with Gasteiger partial charge in [-0.25, -0.2) is 4.98 Å². The molecular weight excluding hydrogens is 260 g/mol. The Labute approximate surface area is 128 Å². The van der Waals surface area contributed by atoms with Gasteiger partial charge in [-0.2, -0.15) is 0 Å². The molecule has 0 fully saturated rings. The SMILES string of the molecule is CCCNCc1c(N(C)C(CC)CC)nc2ccccn12. The zero-order valence-corrected chi connectivity index (χ0v) is 13.8. The van der Waals surface area contributed by atoms with Crippen LogP contribution in [0.3, 0.4) is 0 Å². The van der Waals surface area contributed by atoms with Crippen molar-refractivity contribution in [1.29, 1.82) is 0 Å². The number of nitrogens with one attached hydrogen (secondary N) is 1. The molecule has 21 heavy (non-hydrogen) atoms. The number of anilines is 1. The van der Waals surface area contributed by atoms with E-state index >= 15 is 0 Å². The van der Waals surface area contributed by atoms with E-state index in [1.165, 1.54) is 5.69 Å². The van der Waals surface area contributed by atoms with Crippen molar-refractivity contribution in [2.45, 2.75) is 52.6 Å². The largest absolute Gasteiger partial charge is 0.355 e. The van der Waals surface area contributed by atoms with E-state index in [2.05, 4.69) is 60.8 Å². The molecule has 0 saturated carbocycles. The van der Waals surface area contributed by atoms with E-state index in [1.807, 2.05) is 6.07 Å². The van der Waals surface area contributed by atoms with Gasteiger partial charge in [0.25, 0.3) is 0 Å². The number of rotatable bonds is 8. The number of pyridine rings is 1. The summed E-state index contributed by atoms with van der Waals surface area (Å²) in [6.45, 7) is 8.58. The Kier molecular flexibility index (Phi) is 5.62. The van der Waals surface area contributed by atoms with Gasteiger partial charge in [0.1, 0.15) is 5.65 Å². The second-order valence-corrected chi connectivity index (χ2v) is 5.57. The molecule has 1 N–H and O–H groups in total. The number of fused-ring (bicyclic) bond motifs is 1. The second-order valence-electron chi connectivity index (χ2n) is 5.57. The van der Waals surface area contributed by atoms with Gasteiger partial charge >= 0.3 is 0 Å². The lowest BCUT2D eigenvalue weighted by Gasteiger charge is -2.27. The average molecular weight is 288 g/mol. The van der Waals surface area contributed by atoms with Gasteiger partial charge in [0.15, 0.2) is 5.82 Å². The van der Waals surface area contributed by atoms with Crippen LogP contribution >= 0.6 is 0 Å². The third-order valence-corrected chi connectivity index (χ3v) is 4.15. The smallest absolute Gasteiger partial charge is 0.152 e. The van der Waals surface area contributed by atoms with Crippen LogP contribution in [0.5, 0.6) is 0 Å². The van der Waals surface area contributed by atoms with E-state index < -0.39 is 0 Å². The summed E-state index contributed by atoms with van der Waals surface area (Å²) in [6, 6.07) is 6.73. The first-order valence-corrected chi connectivity index (χ1v) is 8.12. The van der Waals surface area contributed by atoms with Crippen LogP contribution < -0.4 is 10.2 Å². The fraction of sp³-hybridized carbons (Fsp3) is 0.588. The minimum absolute atomic E-state index is 0.542. The zero-order valence-electron chi connectivity index (χ0n) is 13.8. The Balaban J connectivity index is 2.38. The van der Waals surface area contributed by atoms with Gasteiger partial charge in [0.2, 0.25) is 0 Å². The standard InChI is InChI=1S/C17H28N4/c1-5-11-18-13-15-17(20(4)14(6-2)7-3)19-16-10-8-9-12-21(15)16/h8-10,12,14,18H,5-7,11,13H2,1-4H3. The molecule has 0 unspecified atom stereocenters. The van der Waals surface area contributed by atoms with Crippen LogP contribution in [0.15, 0.2) is 24.4 Å². The molecule has 0 aliphatic rings. The van der Waals surface area contributed by atoms with E-state index in [9.17, 15) is 0 Å². The zero-order chi connectivity index (χ0) is 15.2. The van der Waals surface area contributed by atoms with Gasteiger partial charge in [-0.1, -0.05) is 26.8 Å². The van der Waals surface area contributed by atoms with Crippen LogP contribution in [-0.4, -0.2) is 29.0 Å². The number of aromatic nitrogens is 2. The third-order valence-electron chi connectivity index (χ3n) is 4.15. The van der Waals surface area contributed by atoms with Crippen LogP contribution in [0.25, 0.3) is 5.65 Å². The van der Waals surface area contributed by atoms with Crippen LogP contribution in [0, 0.1) is 0 Å².